The molecule has 3 aromatic carbocycles. The third-order valence-corrected chi connectivity index (χ3v) is 8.22. The number of amides is 1. The normalized spacial score (nSPS) is 15.5. The van der Waals surface area contributed by atoms with E-state index >= 15 is 0 Å². The molecule has 2 heterocycles. The smallest absolute Gasteiger partial charge is 0.492 e. The summed E-state index contributed by atoms with van der Waals surface area (Å²) in [6, 6.07) is 22.4. The van der Waals surface area contributed by atoms with Crippen LogP contribution in [0.15, 0.2) is 77.2 Å². The lowest BCUT2D eigenvalue weighted by atomic mass is 9.79. The maximum Gasteiger partial charge on any atom is 0.494 e. The van der Waals surface area contributed by atoms with E-state index in [-0.39, 0.29) is 24.9 Å². The average Bonchev–Trinajstić information content (AvgIpc) is 3.47. The van der Waals surface area contributed by atoms with Gasteiger partial charge in [-0.2, -0.15) is 0 Å². The topological polar surface area (TPSA) is 99.5 Å². The number of ketones is 1. The van der Waals surface area contributed by atoms with Crippen LogP contribution in [0.25, 0.3) is 11.0 Å². The van der Waals surface area contributed by atoms with Crippen molar-refractivity contribution in [3.8, 4) is 5.75 Å². The number of nitrogens with zero attached hydrogens (tertiary/aromatic N) is 1. The molecule has 1 amide bonds. The van der Waals surface area contributed by atoms with Gasteiger partial charge in [-0.1, -0.05) is 42.5 Å². The van der Waals surface area contributed by atoms with Gasteiger partial charge in [-0.25, -0.2) is 0 Å². The van der Waals surface area contributed by atoms with Crippen LogP contribution in [-0.2, 0) is 27.2 Å². The lowest BCUT2D eigenvalue weighted by molar-refractivity contribution is 0.00578. The number of furan rings is 1. The molecular formula is C35H41BN2O7. The van der Waals surface area contributed by atoms with Crippen LogP contribution >= 0.6 is 0 Å². The van der Waals surface area contributed by atoms with Crippen molar-refractivity contribution in [2.24, 2.45) is 0 Å². The predicted octanol–water partition coefficient (Wildman–Crippen LogP) is 5.00. The average molecular weight is 613 g/mol. The summed E-state index contributed by atoms with van der Waals surface area (Å²) in [6.07, 6.45) is 0. The Morgan fingerprint density at radius 2 is 1.56 bits per heavy atom. The zero-order valence-corrected chi connectivity index (χ0v) is 26.8. The molecule has 0 spiro atoms. The van der Waals surface area contributed by atoms with Gasteiger partial charge in [-0.15, -0.1) is 0 Å². The summed E-state index contributed by atoms with van der Waals surface area (Å²) >= 11 is 0. The van der Waals surface area contributed by atoms with E-state index < -0.39 is 18.3 Å². The van der Waals surface area contributed by atoms with Gasteiger partial charge in [0.15, 0.2) is 11.5 Å². The highest BCUT2D eigenvalue weighted by Crippen LogP contribution is 2.36. The molecule has 9 nitrogen and oxygen atoms in total. The second kappa shape index (κ2) is 13.6. The third-order valence-electron chi connectivity index (χ3n) is 8.22. The van der Waals surface area contributed by atoms with E-state index in [0.717, 1.165) is 22.0 Å². The molecule has 0 aliphatic carbocycles. The molecule has 0 unspecified atom stereocenters. The Morgan fingerprint density at radius 1 is 0.889 bits per heavy atom. The molecule has 1 N–H and O–H groups in total. The molecule has 0 bridgehead atoms. The van der Waals surface area contributed by atoms with Crippen LogP contribution in [0.1, 0.15) is 59.7 Å². The Hall–Kier alpha value is -3.96. The number of para-hydroxylation sites is 1. The molecule has 1 saturated heterocycles. The molecule has 4 aromatic rings. The number of benzene rings is 3. The molecule has 5 rings (SSSR count). The second-order valence-electron chi connectivity index (χ2n) is 12.5. The van der Waals surface area contributed by atoms with E-state index in [2.05, 4.69) is 5.32 Å². The fourth-order valence-corrected chi connectivity index (χ4v) is 5.00. The van der Waals surface area contributed by atoms with Crippen molar-refractivity contribution >= 4 is 35.2 Å². The van der Waals surface area contributed by atoms with Gasteiger partial charge < -0.3 is 33.4 Å². The van der Waals surface area contributed by atoms with Gasteiger partial charge >= 0.3 is 7.12 Å². The Labute approximate surface area is 264 Å². The second-order valence-corrected chi connectivity index (χ2v) is 12.5. The molecular weight excluding hydrogens is 571 g/mol. The van der Waals surface area contributed by atoms with E-state index in [1.54, 1.807) is 24.3 Å². The van der Waals surface area contributed by atoms with E-state index in [1.807, 2.05) is 95.2 Å². The molecule has 45 heavy (non-hydrogen) atoms. The molecule has 0 saturated carbocycles. The van der Waals surface area contributed by atoms with Crippen molar-refractivity contribution in [1.82, 2.24) is 10.2 Å². The van der Waals surface area contributed by atoms with Crippen LogP contribution in [-0.4, -0.2) is 68.8 Å². The first-order chi connectivity index (χ1) is 21.4. The van der Waals surface area contributed by atoms with E-state index in [9.17, 15) is 9.59 Å². The summed E-state index contributed by atoms with van der Waals surface area (Å²) in [5.41, 5.74) is 3.18. The van der Waals surface area contributed by atoms with E-state index in [4.69, 9.17) is 23.2 Å². The Kier molecular flexibility index (Phi) is 9.79. The number of ether oxygens (including phenoxy) is 2. The van der Waals surface area contributed by atoms with Gasteiger partial charge in [-0.3, -0.25) is 9.59 Å². The minimum absolute atomic E-state index is 0.0389. The highest BCUT2D eigenvalue weighted by molar-refractivity contribution is 6.62. The molecule has 10 heteroatoms. The number of carbonyl (C=O) groups is 2. The quantitative estimate of drug-likeness (QED) is 0.128. The number of hydrogen-bond donors (Lipinski definition) is 1. The summed E-state index contributed by atoms with van der Waals surface area (Å²) < 4.78 is 29.6. The van der Waals surface area contributed by atoms with Gasteiger partial charge in [0, 0.05) is 23.1 Å². The molecule has 1 aromatic heterocycles. The van der Waals surface area contributed by atoms with Gasteiger partial charge in [0.2, 0.25) is 0 Å². The fraction of sp³-hybridized carbons (Fsp3) is 0.371. The highest BCUT2D eigenvalue weighted by atomic mass is 16.7. The summed E-state index contributed by atoms with van der Waals surface area (Å²) in [5.74, 6) is 0.504. The van der Waals surface area contributed by atoms with Crippen LogP contribution in [0.3, 0.4) is 0 Å². The van der Waals surface area contributed by atoms with Crippen molar-refractivity contribution in [1.29, 1.82) is 0 Å². The Bertz CT molecular complexity index is 1610. The molecule has 1 fully saturated rings. The lowest BCUT2D eigenvalue weighted by Gasteiger charge is -2.32. The van der Waals surface area contributed by atoms with E-state index in [0.29, 0.717) is 42.4 Å². The molecule has 0 radical (unpaired) electrons. The molecule has 1 aliphatic heterocycles. The first kappa shape index (κ1) is 32.4. The number of rotatable bonds is 13. The first-order valence-corrected chi connectivity index (χ1v) is 15.1. The van der Waals surface area contributed by atoms with E-state index in [1.165, 1.54) is 0 Å². The predicted molar refractivity (Wildman–Crippen MR) is 174 cm³/mol. The molecule has 0 atom stereocenters. The Balaban J connectivity index is 1.04. The maximum absolute atomic E-state index is 12.9. The van der Waals surface area contributed by atoms with Gasteiger partial charge in [0.25, 0.3) is 5.91 Å². The summed E-state index contributed by atoms with van der Waals surface area (Å²) in [4.78, 5) is 27.6. The lowest BCUT2D eigenvalue weighted by Crippen LogP contribution is -2.41. The standard InChI is InChI=1S/C35H41BN2O7/c1-34(2)35(3,4)45-36(44-34)26-15-11-24(12-16-26)22-41-23-30(39)25-13-17-27(18-14-25)42-20-19-37-33(40)32-29(21-38(5)6)28-9-7-8-10-31(28)43-32/h7-18H,19-23H2,1-6H3,(H,37,40). The number of fused-ring (bicyclic) bond motifs is 1. The molecule has 236 valence electrons. The SMILES string of the molecule is CN(C)Cc1c(C(=O)NCCOc2ccc(C(=O)COCc3ccc(B4OC(C)(C)C(C)(C)O4)cc3)cc2)oc2ccccc12. The van der Waals surface area contributed by atoms with Gasteiger partial charge in [0.05, 0.1) is 24.4 Å². The molecule has 1 aliphatic rings. The number of hydrogen-bond acceptors (Lipinski definition) is 8. The minimum atomic E-state index is -0.416. The van der Waals surface area contributed by atoms with Crippen LogP contribution in [0.5, 0.6) is 5.75 Å². The van der Waals surface area contributed by atoms with Crippen LogP contribution in [0, 0.1) is 0 Å². The third kappa shape index (κ3) is 7.65. The number of Topliss-reactive ketones (excluding diaryl/α,β-unsaturated/α-hetero) is 1. The summed E-state index contributed by atoms with van der Waals surface area (Å²) in [7, 11) is 3.49. The van der Waals surface area contributed by atoms with Crippen LogP contribution in [0.4, 0.5) is 0 Å². The highest BCUT2D eigenvalue weighted by Gasteiger charge is 2.51. The summed E-state index contributed by atoms with van der Waals surface area (Å²) in [5, 5.41) is 3.81. The van der Waals surface area contributed by atoms with Crippen molar-refractivity contribution < 1.29 is 32.8 Å². The van der Waals surface area contributed by atoms with Gasteiger partial charge in [0.1, 0.15) is 24.5 Å². The minimum Gasteiger partial charge on any atom is -0.492 e. The fourth-order valence-electron chi connectivity index (χ4n) is 5.00. The summed E-state index contributed by atoms with van der Waals surface area (Å²) in [6.45, 7) is 9.53. The number of carbonyl (C=O) groups excluding carboxylic acids is 2. The van der Waals surface area contributed by atoms with Crippen molar-refractivity contribution in [3.63, 3.8) is 0 Å². The zero-order chi connectivity index (χ0) is 32.2. The first-order valence-electron chi connectivity index (χ1n) is 15.1. The van der Waals surface area contributed by atoms with Gasteiger partial charge in [-0.05, 0) is 83.1 Å². The largest absolute Gasteiger partial charge is 0.494 e. The number of nitrogens with one attached hydrogen (secondary N) is 1. The van der Waals surface area contributed by atoms with Crippen molar-refractivity contribution in [2.45, 2.75) is 52.0 Å². The van der Waals surface area contributed by atoms with Crippen LogP contribution < -0.4 is 15.5 Å². The van der Waals surface area contributed by atoms with Crippen molar-refractivity contribution in [2.75, 3.05) is 33.9 Å². The van der Waals surface area contributed by atoms with Crippen LogP contribution in [0.2, 0.25) is 0 Å². The maximum atomic E-state index is 12.9. The Morgan fingerprint density at radius 3 is 2.22 bits per heavy atom. The monoisotopic (exact) mass is 612 g/mol. The van der Waals surface area contributed by atoms with Crippen molar-refractivity contribution in [3.05, 3.63) is 95.2 Å². The zero-order valence-electron chi connectivity index (χ0n) is 26.8.